The lowest BCUT2D eigenvalue weighted by atomic mass is 10.2. The van der Waals surface area contributed by atoms with Crippen molar-refractivity contribution in [3.63, 3.8) is 0 Å². The number of carbonyl (C=O) groups excluding carboxylic acids is 3. The molecule has 0 aliphatic carbocycles. The van der Waals surface area contributed by atoms with E-state index in [1.165, 1.54) is 30.0 Å². The van der Waals surface area contributed by atoms with Gasteiger partial charge in [-0.3, -0.25) is 40.2 Å². The van der Waals surface area contributed by atoms with Crippen LogP contribution in [-0.2, 0) is 9.59 Å². The van der Waals surface area contributed by atoms with Gasteiger partial charge in [0, 0.05) is 35.7 Å². The van der Waals surface area contributed by atoms with Crippen molar-refractivity contribution in [2.75, 3.05) is 6.54 Å². The number of nitrogens with zero attached hydrogens (tertiary/aromatic N) is 2. The fourth-order valence-corrected chi connectivity index (χ4v) is 4.59. The number of carbonyl (C=O) groups is 3. The van der Waals surface area contributed by atoms with Gasteiger partial charge >= 0.3 is 0 Å². The number of nitro groups is 1. The van der Waals surface area contributed by atoms with Crippen LogP contribution in [0.3, 0.4) is 0 Å². The first-order valence-electron chi connectivity index (χ1n) is 10.6. The molecule has 2 aromatic carbocycles. The third-order valence-corrected chi connectivity index (χ3v) is 6.59. The Morgan fingerprint density at radius 2 is 1.86 bits per heavy atom. The van der Waals surface area contributed by atoms with Crippen molar-refractivity contribution in [3.8, 4) is 0 Å². The zero-order valence-electron chi connectivity index (χ0n) is 18.4. The van der Waals surface area contributed by atoms with Crippen LogP contribution in [0.5, 0.6) is 0 Å². The standard InChI is InChI=1S/C23H21ClN4O5S2/c24-17-10-8-15(9-11-17)13-19-22(31)27(23(34)35-19)12-3-1-2-7-20(29)25-26-21(30)16-5-4-6-18(14-16)28(32)33/h4-6,8-11,13-14H,1-3,7,12H2,(H,25,29)(H,26,30)/b19-13-. The molecule has 0 unspecified atom stereocenters. The molecule has 2 N–H and O–H groups in total. The number of rotatable bonds is 9. The van der Waals surface area contributed by atoms with Crippen molar-refractivity contribution in [2.45, 2.75) is 25.7 Å². The lowest BCUT2D eigenvalue weighted by Gasteiger charge is -2.14. The lowest BCUT2D eigenvalue weighted by Crippen LogP contribution is -2.41. The fourth-order valence-electron chi connectivity index (χ4n) is 3.16. The molecule has 3 rings (SSSR count). The van der Waals surface area contributed by atoms with Crippen molar-refractivity contribution in [1.29, 1.82) is 0 Å². The average molecular weight is 533 g/mol. The maximum Gasteiger partial charge on any atom is 0.270 e. The summed E-state index contributed by atoms with van der Waals surface area (Å²) in [5, 5.41) is 11.4. The number of unbranched alkanes of at least 4 members (excludes halogenated alkanes) is 2. The molecule has 12 heteroatoms. The number of hydrogen-bond donors (Lipinski definition) is 2. The molecular formula is C23H21ClN4O5S2. The number of thiocarbonyl (C=S) groups is 1. The van der Waals surface area contributed by atoms with Crippen LogP contribution < -0.4 is 10.9 Å². The Hall–Kier alpha value is -3.28. The summed E-state index contributed by atoms with van der Waals surface area (Å²) in [6.07, 6.45) is 3.84. The molecule has 2 aromatic rings. The number of hydrazine groups is 1. The summed E-state index contributed by atoms with van der Waals surface area (Å²) < 4.78 is 0.497. The predicted octanol–water partition coefficient (Wildman–Crippen LogP) is 4.47. The van der Waals surface area contributed by atoms with Gasteiger partial charge in [0.05, 0.1) is 9.83 Å². The highest BCUT2D eigenvalue weighted by Crippen LogP contribution is 2.33. The Morgan fingerprint density at radius 3 is 2.57 bits per heavy atom. The molecule has 0 bridgehead atoms. The Balaban J connectivity index is 1.37. The van der Waals surface area contributed by atoms with E-state index in [1.807, 2.05) is 12.1 Å². The minimum atomic E-state index is -0.650. The molecule has 9 nitrogen and oxygen atoms in total. The molecule has 35 heavy (non-hydrogen) atoms. The van der Waals surface area contributed by atoms with E-state index in [1.54, 1.807) is 23.1 Å². The van der Waals surface area contributed by atoms with Crippen LogP contribution in [0.1, 0.15) is 41.6 Å². The van der Waals surface area contributed by atoms with E-state index in [0.29, 0.717) is 40.1 Å². The molecule has 3 amide bonds. The number of halogens is 1. The van der Waals surface area contributed by atoms with Gasteiger partial charge in [0.15, 0.2) is 0 Å². The third-order valence-electron chi connectivity index (χ3n) is 4.96. The zero-order valence-corrected chi connectivity index (χ0v) is 20.8. The smallest absolute Gasteiger partial charge is 0.270 e. The SMILES string of the molecule is O=C(CCCCCN1C(=O)/C(=C/c2ccc(Cl)cc2)SC1=S)NNC(=O)c1cccc([N+](=O)[O-])c1. The molecule has 1 aliphatic rings. The summed E-state index contributed by atoms with van der Waals surface area (Å²) >= 11 is 12.5. The summed E-state index contributed by atoms with van der Waals surface area (Å²) in [6.45, 7) is 0.452. The maximum absolute atomic E-state index is 12.7. The first-order chi connectivity index (χ1) is 16.7. The zero-order chi connectivity index (χ0) is 25.4. The largest absolute Gasteiger partial charge is 0.293 e. The quantitative estimate of drug-likeness (QED) is 0.161. The van der Waals surface area contributed by atoms with Crippen LogP contribution in [0.25, 0.3) is 6.08 Å². The maximum atomic E-state index is 12.7. The van der Waals surface area contributed by atoms with E-state index in [9.17, 15) is 24.5 Å². The first-order valence-corrected chi connectivity index (χ1v) is 12.2. The summed E-state index contributed by atoms with van der Waals surface area (Å²) in [4.78, 5) is 49.0. The Morgan fingerprint density at radius 1 is 1.11 bits per heavy atom. The fraction of sp³-hybridized carbons (Fsp3) is 0.217. The van der Waals surface area contributed by atoms with Crippen LogP contribution in [-0.4, -0.2) is 38.4 Å². The van der Waals surface area contributed by atoms with Crippen LogP contribution in [0, 0.1) is 10.1 Å². The molecule has 1 heterocycles. The minimum absolute atomic E-state index is 0.0631. The number of amides is 3. The van der Waals surface area contributed by atoms with E-state index in [4.69, 9.17) is 23.8 Å². The minimum Gasteiger partial charge on any atom is -0.293 e. The van der Waals surface area contributed by atoms with Gasteiger partial charge in [-0.2, -0.15) is 0 Å². The summed E-state index contributed by atoms with van der Waals surface area (Å²) in [5.74, 6) is -1.18. The lowest BCUT2D eigenvalue weighted by molar-refractivity contribution is -0.384. The van der Waals surface area contributed by atoms with Crippen molar-refractivity contribution < 1.29 is 19.3 Å². The molecular weight excluding hydrogens is 512 g/mol. The van der Waals surface area contributed by atoms with E-state index in [0.717, 1.165) is 11.6 Å². The second-order valence-electron chi connectivity index (χ2n) is 7.51. The monoisotopic (exact) mass is 532 g/mol. The molecule has 1 fully saturated rings. The highest BCUT2D eigenvalue weighted by Gasteiger charge is 2.31. The van der Waals surface area contributed by atoms with Gasteiger partial charge in [0.2, 0.25) is 5.91 Å². The topological polar surface area (TPSA) is 122 Å². The van der Waals surface area contributed by atoms with E-state index in [2.05, 4.69) is 10.9 Å². The Bertz CT molecular complexity index is 1190. The van der Waals surface area contributed by atoms with Gasteiger partial charge in [-0.05, 0) is 42.7 Å². The molecule has 0 aromatic heterocycles. The van der Waals surface area contributed by atoms with Crippen LogP contribution in [0.15, 0.2) is 53.4 Å². The summed E-state index contributed by atoms with van der Waals surface area (Å²) in [6, 6.07) is 12.4. The number of nitrogens with one attached hydrogen (secondary N) is 2. The number of thioether (sulfide) groups is 1. The van der Waals surface area contributed by atoms with Gasteiger partial charge < -0.3 is 0 Å². The second kappa shape index (κ2) is 12.4. The third kappa shape index (κ3) is 7.61. The van der Waals surface area contributed by atoms with Crippen molar-refractivity contribution in [2.24, 2.45) is 0 Å². The highest BCUT2D eigenvalue weighted by molar-refractivity contribution is 8.26. The molecule has 1 saturated heterocycles. The molecule has 182 valence electrons. The van der Waals surface area contributed by atoms with E-state index in [-0.39, 0.29) is 29.5 Å². The number of nitro benzene ring substituents is 1. The Labute approximate surface area is 216 Å². The highest BCUT2D eigenvalue weighted by atomic mass is 35.5. The number of hydrogen-bond acceptors (Lipinski definition) is 7. The van der Waals surface area contributed by atoms with Gasteiger partial charge in [-0.1, -0.05) is 60.2 Å². The van der Waals surface area contributed by atoms with Crippen LogP contribution in [0.4, 0.5) is 5.69 Å². The van der Waals surface area contributed by atoms with Gasteiger partial charge in [-0.15, -0.1) is 0 Å². The normalized spacial score (nSPS) is 14.3. The van der Waals surface area contributed by atoms with Crippen molar-refractivity contribution in [3.05, 3.63) is 79.7 Å². The summed E-state index contributed by atoms with van der Waals surface area (Å²) in [5.41, 5.74) is 5.24. The second-order valence-corrected chi connectivity index (χ2v) is 9.62. The van der Waals surface area contributed by atoms with E-state index >= 15 is 0 Å². The average Bonchev–Trinajstić information content (AvgIpc) is 3.10. The predicted molar refractivity (Wildman–Crippen MR) is 139 cm³/mol. The van der Waals surface area contributed by atoms with Crippen LogP contribution >= 0.6 is 35.6 Å². The first kappa shape index (κ1) is 26.3. The Kier molecular flexibility index (Phi) is 9.35. The molecule has 1 aliphatic heterocycles. The van der Waals surface area contributed by atoms with E-state index < -0.39 is 10.8 Å². The number of benzene rings is 2. The van der Waals surface area contributed by atoms with Gasteiger partial charge in [0.25, 0.3) is 17.5 Å². The molecule has 0 radical (unpaired) electrons. The van der Waals surface area contributed by atoms with Gasteiger partial charge in [-0.25, -0.2) is 0 Å². The molecule has 0 spiro atoms. The molecule has 0 atom stereocenters. The number of non-ortho nitro benzene ring substituents is 1. The van der Waals surface area contributed by atoms with Crippen molar-refractivity contribution in [1.82, 2.24) is 15.8 Å². The van der Waals surface area contributed by atoms with Crippen molar-refractivity contribution >= 4 is 69.4 Å². The summed E-state index contributed by atoms with van der Waals surface area (Å²) in [7, 11) is 0. The molecule has 0 saturated carbocycles. The van der Waals surface area contributed by atoms with Gasteiger partial charge in [0.1, 0.15) is 4.32 Å². The van der Waals surface area contributed by atoms with Crippen LogP contribution in [0.2, 0.25) is 5.02 Å².